The number of aliphatic carboxylic acids is 1. The van der Waals surface area contributed by atoms with Gasteiger partial charge in [-0.05, 0) is 64.7 Å². The predicted molar refractivity (Wildman–Crippen MR) is 190 cm³/mol. The van der Waals surface area contributed by atoms with Crippen molar-refractivity contribution in [2.75, 3.05) is 6.54 Å². The molecule has 2 atom stereocenters. The van der Waals surface area contributed by atoms with E-state index in [0.717, 1.165) is 15.3 Å². The fourth-order valence-corrected chi connectivity index (χ4v) is 7.36. The van der Waals surface area contributed by atoms with Crippen molar-refractivity contribution in [3.05, 3.63) is 158 Å². The summed E-state index contributed by atoms with van der Waals surface area (Å²) in [7, 11) is 0. The number of amides is 2. The average Bonchev–Trinajstić information content (AvgIpc) is 3.70. The van der Waals surface area contributed by atoms with E-state index in [-0.39, 0.29) is 46.6 Å². The molecule has 2 aromatic heterocycles. The van der Waals surface area contributed by atoms with E-state index in [2.05, 4.69) is 10.3 Å². The van der Waals surface area contributed by atoms with Crippen LogP contribution in [0.3, 0.4) is 0 Å². The second-order valence-corrected chi connectivity index (χ2v) is 13.4. The predicted octanol–water partition coefficient (Wildman–Crippen LogP) is 4.90. The van der Waals surface area contributed by atoms with Crippen LogP contribution in [0, 0.1) is 0 Å². The number of aromatic hydroxyl groups is 1. The molecule has 1 aliphatic rings. The molecule has 2 unspecified atom stereocenters. The van der Waals surface area contributed by atoms with Crippen molar-refractivity contribution in [3.63, 3.8) is 0 Å². The number of aliphatic hydroxyl groups excluding tert-OH is 1. The lowest BCUT2D eigenvalue weighted by atomic mass is 9.85. The molecule has 0 fully saturated rings. The number of nitrogens with one attached hydrogen (secondary N) is 2. The minimum absolute atomic E-state index is 0.0470. The van der Waals surface area contributed by atoms with Gasteiger partial charge >= 0.3 is 5.97 Å². The van der Waals surface area contributed by atoms with Crippen LogP contribution in [-0.4, -0.2) is 54.6 Å². The molecule has 2 amide bonds. The summed E-state index contributed by atoms with van der Waals surface area (Å²) < 4.78 is 0. The Morgan fingerprint density at radius 1 is 0.843 bits per heavy atom. The minimum atomic E-state index is -2.25. The zero-order valence-corrected chi connectivity index (χ0v) is 27.7. The topological polar surface area (TPSA) is 180 Å². The van der Waals surface area contributed by atoms with Gasteiger partial charge in [-0.2, -0.15) is 0 Å². The summed E-state index contributed by atoms with van der Waals surface area (Å²) in [6.45, 7) is 0.485. The van der Waals surface area contributed by atoms with Crippen molar-refractivity contribution in [3.8, 4) is 16.2 Å². The molecular weight excluding hydrogens is 671 g/mol. The van der Waals surface area contributed by atoms with Gasteiger partial charge in [-0.25, -0.2) is 4.79 Å². The molecule has 0 saturated heterocycles. The zero-order chi connectivity index (χ0) is 35.9. The monoisotopic (exact) mass is 701 g/mol. The number of phenolic OH excluding ortho intramolecular Hbond substituents is 1. The Morgan fingerprint density at radius 2 is 1.61 bits per heavy atom. The maximum Gasteiger partial charge on any atom is 0.345 e. The molecule has 51 heavy (non-hydrogen) atoms. The van der Waals surface area contributed by atoms with Gasteiger partial charge in [0.05, 0.1) is 29.3 Å². The molecule has 6 N–H and O–H groups in total. The summed E-state index contributed by atoms with van der Waals surface area (Å²) in [4.78, 5) is 56.1. The lowest BCUT2D eigenvalue weighted by molar-refractivity contribution is -0.155. The Labute approximate surface area is 294 Å². The highest BCUT2D eigenvalue weighted by atomic mass is 32.1. The van der Waals surface area contributed by atoms with Crippen LogP contribution in [0.2, 0.25) is 0 Å². The number of pyridine rings is 1. The average molecular weight is 702 g/mol. The molecule has 0 spiro atoms. The van der Waals surface area contributed by atoms with E-state index in [1.54, 1.807) is 84.9 Å². The van der Waals surface area contributed by atoms with E-state index in [1.165, 1.54) is 28.4 Å². The Hall–Kier alpha value is -5.92. The van der Waals surface area contributed by atoms with Crippen molar-refractivity contribution in [2.45, 2.75) is 24.8 Å². The number of thiophene rings is 1. The first kappa shape index (κ1) is 33.6. The van der Waals surface area contributed by atoms with Crippen LogP contribution in [0.1, 0.15) is 54.0 Å². The number of aromatic nitrogens is 1. The lowest BCUT2D eigenvalue weighted by Crippen LogP contribution is -2.36. The number of H-pyrrole nitrogens is 1. The molecule has 11 nitrogen and oxygen atoms in total. The fourth-order valence-electron chi connectivity index (χ4n) is 6.37. The Kier molecular flexibility index (Phi) is 8.83. The van der Waals surface area contributed by atoms with Gasteiger partial charge in [0.25, 0.3) is 11.8 Å². The zero-order valence-electron chi connectivity index (χ0n) is 26.9. The number of benzene rings is 4. The molecule has 6 aromatic rings. The van der Waals surface area contributed by atoms with Crippen LogP contribution in [0.15, 0.2) is 114 Å². The highest BCUT2D eigenvalue weighted by Crippen LogP contribution is 2.36. The van der Waals surface area contributed by atoms with Gasteiger partial charge in [-0.3, -0.25) is 19.3 Å². The number of carboxylic acids is 1. The second-order valence-electron chi connectivity index (χ2n) is 12.2. The number of aliphatic hydroxyl groups is 2. The number of hydrogen-bond acceptors (Lipinski definition) is 9. The van der Waals surface area contributed by atoms with E-state index < -0.39 is 29.5 Å². The van der Waals surface area contributed by atoms with Gasteiger partial charge in [-0.15, -0.1) is 11.3 Å². The fraction of sp³-hybridized carbons (Fsp3) is 0.128. The summed E-state index contributed by atoms with van der Waals surface area (Å²) in [5.74, 6) is -2.33. The third-order valence-electron chi connectivity index (χ3n) is 9.01. The largest absolute Gasteiger partial charge is 0.506 e. The van der Waals surface area contributed by atoms with Crippen molar-refractivity contribution in [2.24, 2.45) is 0 Å². The lowest BCUT2D eigenvalue weighted by Gasteiger charge is -2.25. The number of nitrogens with zero attached hydrogens (tertiary/aromatic N) is 1. The maximum absolute atomic E-state index is 13.5. The van der Waals surface area contributed by atoms with E-state index in [4.69, 9.17) is 0 Å². The van der Waals surface area contributed by atoms with Crippen LogP contribution in [0.5, 0.6) is 5.75 Å². The number of rotatable bonds is 11. The first-order chi connectivity index (χ1) is 24.5. The van der Waals surface area contributed by atoms with Crippen LogP contribution in [0.25, 0.3) is 21.3 Å². The summed E-state index contributed by atoms with van der Waals surface area (Å²) >= 11 is 1.36. The molecule has 12 heteroatoms. The third kappa shape index (κ3) is 6.21. The summed E-state index contributed by atoms with van der Waals surface area (Å²) in [5.41, 5.74) is 0.558. The summed E-state index contributed by atoms with van der Waals surface area (Å²) in [6.07, 6.45) is -0.961. The first-order valence-corrected chi connectivity index (χ1v) is 16.8. The quantitative estimate of drug-likeness (QED) is 0.102. The molecule has 0 bridgehead atoms. The normalized spacial score (nSPS) is 14.4. The van der Waals surface area contributed by atoms with Gasteiger partial charge in [-0.1, -0.05) is 60.7 Å². The first-order valence-electron chi connectivity index (χ1n) is 16.0. The smallest absolute Gasteiger partial charge is 0.345 e. The number of phenols is 1. The van der Waals surface area contributed by atoms with E-state index in [9.17, 15) is 39.6 Å². The second kappa shape index (κ2) is 13.4. The summed E-state index contributed by atoms with van der Waals surface area (Å²) in [5, 5.41) is 46.0. The van der Waals surface area contributed by atoms with E-state index in [1.807, 2.05) is 12.1 Å². The SMILES string of the molecule is O=C1c2ccc(CNCC(O)c3ccc(O)c4[nH]c(=O)ccc34)cc2C(=O)N1Cc1ccc(-c2cccc(C(O)(C(=O)O)c3ccccc3)c2)s1. The number of fused-ring (bicyclic) bond motifs is 2. The van der Waals surface area contributed by atoms with Gasteiger partial charge in [0, 0.05) is 39.9 Å². The molecule has 3 heterocycles. The van der Waals surface area contributed by atoms with E-state index in [0.29, 0.717) is 28.6 Å². The van der Waals surface area contributed by atoms with Crippen molar-refractivity contribution in [1.29, 1.82) is 0 Å². The number of hydrogen-bond donors (Lipinski definition) is 6. The van der Waals surface area contributed by atoms with Crippen LogP contribution >= 0.6 is 11.3 Å². The molecular formula is C39H31N3O8S. The Morgan fingerprint density at radius 3 is 2.39 bits per heavy atom. The maximum atomic E-state index is 13.5. The van der Waals surface area contributed by atoms with Gasteiger partial charge < -0.3 is 30.7 Å². The highest BCUT2D eigenvalue weighted by molar-refractivity contribution is 7.15. The van der Waals surface area contributed by atoms with Crippen LogP contribution in [0.4, 0.5) is 0 Å². The molecule has 1 aliphatic heterocycles. The van der Waals surface area contributed by atoms with Gasteiger partial charge in [0.15, 0.2) is 0 Å². The summed E-state index contributed by atoms with van der Waals surface area (Å²) in [6, 6.07) is 29.4. The van der Waals surface area contributed by atoms with Crippen LogP contribution < -0.4 is 10.9 Å². The molecule has 0 saturated carbocycles. The van der Waals surface area contributed by atoms with Crippen molar-refractivity contribution in [1.82, 2.24) is 15.2 Å². The number of carbonyl (C=O) groups excluding carboxylic acids is 2. The minimum Gasteiger partial charge on any atom is -0.506 e. The number of carboxylic acid groups (broad SMARTS) is 1. The number of imide groups is 1. The van der Waals surface area contributed by atoms with Gasteiger partial charge in [0.1, 0.15) is 5.75 Å². The Balaban J connectivity index is 1.03. The molecule has 4 aromatic carbocycles. The number of carbonyl (C=O) groups is 3. The third-order valence-corrected chi connectivity index (χ3v) is 10.1. The standard InChI is InChI=1S/C39H31N3O8S/c43-31-14-12-27(28-13-16-34(45)41-35(28)31)32(44)20-40-19-22-9-11-29-30(17-22)37(47)42(36(29)46)21-26-10-15-33(51-26)23-5-4-8-25(18-23)39(50,38(48)49)24-6-2-1-3-7-24/h1-18,32,40,43-44,50H,19-21H2,(H,41,45)(H,48,49). The molecule has 7 rings (SSSR count). The van der Waals surface area contributed by atoms with Gasteiger partial charge in [0.2, 0.25) is 11.2 Å². The highest BCUT2D eigenvalue weighted by Gasteiger charge is 2.40. The van der Waals surface area contributed by atoms with Crippen molar-refractivity contribution >= 4 is 40.0 Å². The van der Waals surface area contributed by atoms with Crippen molar-refractivity contribution < 1.29 is 34.8 Å². The van der Waals surface area contributed by atoms with Crippen LogP contribution in [-0.2, 0) is 23.5 Å². The number of aromatic amines is 1. The Bertz CT molecular complexity index is 2390. The molecule has 0 radical (unpaired) electrons. The molecule has 0 aliphatic carbocycles. The molecule has 256 valence electrons. The van der Waals surface area contributed by atoms with E-state index >= 15 is 0 Å².